The van der Waals surface area contributed by atoms with Gasteiger partial charge in [0.15, 0.2) is 0 Å². The van der Waals surface area contributed by atoms with Crippen LogP contribution in [0.4, 0.5) is 0 Å². The Morgan fingerprint density at radius 3 is 2.93 bits per heavy atom. The molecule has 0 aliphatic carbocycles. The largest absolute Gasteiger partial charge is 0.485 e. The maximum atomic E-state index is 6.09. The van der Waals surface area contributed by atoms with Crippen molar-refractivity contribution in [2.45, 2.75) is 25.9 Å². The second-order valence-electron chi connectivity index (χ2n) is 4.41. The predicted molar refractivity (Wildman–Crippen MR) is 62.7 cm³/mol. The minimum absolute atomic E-state index is 0.114. The van der Waals surface area contributed by atoms with Crippen molar-refractivity contribution in [3.8, 4) is 5.75 Å². The lowest BCUT2D eigenvalue weighted by Crippen LogP contribution is -2.34. The number of halogens is 1. The van der Waals surface area contributed by atoms with Crippen LogP contribution in [0.15, 0.2) is 18.2 Å². The third-order valence-corrected chi connectivity index (χ3v) is 3.08. The lowest BCUT2D eigenvalue weighted by molar-refractivity contribution is 0.111. The summed E-state index contributed by atoms with van der Waals surface area (Å²) in [7, 11) is 0. The molecule has 2 nitrogen and oxygen atoms in total. The van der Waals surface area contributed by atoms with Gasteiger partial charge in [-0.1, -0.05) is 17.7 Å². The summed E-state index contributed by atoms with van der Waals surface area (Å²) in [6.07, 6.45) is 1.03. The maximum absolute atomic E-state index is 6.09. The molecule has 1 atom stereocenters. The highest BCUT2D eigenvalue weighted by atomic mass is 35.5. The van der Waals surface area contributed by atoms with E-state index in [0.717, 1.165) is 25.3 Å². The summed E-state index contributed by atoms with van der Waals surface area (Å²) in [5.74, 6) is 0.794. The topological polar surface area (TPSA) is 21.3 Å². The Morgan fingerprint density at radius 1 is 1.47 bits per heavy atom. The van der Waals surface area contributed by atoms with Crippen LogP contribution in [0, 0.1) is 6.92 Å². The minimum Gasteiger partial charge on any atom is -0.485 e. The van der Waals surface area contributed by atoms with E-state index < -0.39 is 0 Å². The molecule has 1 unspecified atom stereocenters. The average molecular weight is 226 g/mol. The van der Waals surface area contributed by atoms with Crippen molar-refractivity contribution in [1.29, 1.82) is 0 Å². The Balaban J connectivity index is 2.19. The molecule has 1 saturated heterocycles. The van der Waals surface area contributed by atoms with Crippen molar-refractivity contribution in [3.63, 3.8) is 0 Å². The van der Waals surface area contributed by atoms with Crippen LogP contribution >= 0.6 is 11.6 Å². The first kappa shape index (κ1) is 10.8. The SMILES string of the molecule is Cc1ccc(Cl)c(OC2(C)CCNC2)c1. The molecule has 0 aromatic heterocycles. The molecule has 3 heteroatoms. The van der Waals surface area contributed by atoms with E-state index in [0.29, 0.717) is 5.02 Å². The van der Waals surface area contributed by atoms with Gasteiger partial charge in [0.1, 0.15) is 11.4 Å². The third-order valence-electron chi connectivity index (χ3n) is 2.77. The fraction of sp³-hybridized carbons (Fsp3) is 0.500. The predicted octanol–water partition coefficient (Wildman–Crippen LogP) is 2.78. The van der Waals surface area contributed by atoms with E-state index in [2.05, 4.69) is 12.2 Å². The highest BCUT2D eigenvalue weighted by Gasteiger charge is 2.31. The second-order valence-corrected chi connectivity index (χ2v) is 4.82. The smallest absolute Gasteiger partial charge is 0.139 e. The van der Waals surface area contributed by atoms with Gasteiger partial charge < -0.3 is 10.1 Å². The van der Waals surface area contributed by atoms with Crippen molar-refractivity contribution < 1.29 is 4.74 Å². The highest BCUT2D eigenvalue weighted by Crippen LogP contribution is 2.30. The van der Waals surface area contributed by atoms with E-state index >= 15 is 0 Å². The van der Waals surface area contributed by atoms with E-state index in [-0.39, 0.29) is 5.60 Å². The van der Waals surface area contributed by atoms with E-state index in [1.165, 1.54) is 5.56 Å². The van der Waals surface area contributed by atoms with Crippen LogP contribution in [0.3, 0.4) is 0 Å². The van der Waals surface area contributed by atoms with Crippen LogP contribution in [-0.2, 0) is 0 Å². The van der Waals surface area contributed by atoms with Crippen molar-refractivity contribution in [2.75, 3.05) is 13.1 Å². The molecule has 0 saturated carbocycles. The minimum atomic E-state index is -0.114. The molecule has 0 amide bonds. The zero-order chi connectivity index (χ0) is 10.9. The number of ether oxygens (including phenoxy) is 1. The molecule has 2 rings (SSSR count). The van der Waals surface area contributed by atoms with Crippen LogP contribution in [0.1, 0.15) is 18.9 Å². The van der Waals surface area contributed by atoms with Gasteiger partial charge in [0, 0.05) is 13.0 Å². The molecule has 1 aliphatic heterocycles. The number of rotatable bonds is 2. The molecule has 1 N–H and O–H groups in total. The van der Waals surface area contributed by atoms with Gasteiger partial charge in [0.25, 0.3) is 0 Å². The molecule has 1 aromatic carbocycles. The Hall–Kier alpha value is -0.730. The van der Waals surface area contributed by atoms with Gasteiger partial charge in [0.2, 0.25) is 0 Å². The first-order valence-electron chi connectivity index (χ1n) is 5.25. The summed E-state index contributed by atoms with van der Waals surface area (Å²) in [4.78, 5) is 0. The molecule has 0 radical (unpaired) electrons. The van der Waals surface area contributed by atoms with Crippen molar-refractivity contribution in [2.24, 2.45) is 0 Å². The van der Waals surface area contributed by atoms with Gasteiger partial charge in [-0.15, -0.1) is 0 Å². The molecule has 1 aliphatic rings. The average Bonchev–Trinajstić information content (AvgIpc) is 2.59. The highest BCUT2D eigenvalue weighted by molar-refractivity contribution is 6.32. The zero-order valence-electron chi connectivity index (χ0n) is 9.14. The van der Waals surface area contributed by atoms with Crippen LogP contribution in [-0.4, -0.2) is 18.7 Å². The van der Waals surface area contributed by atoms with Gasteiger partial charge in [-0.05, 0) is 38.1 Å². The van der Waals surface area contributed by atoms with Gasteiger partial charge in [-0.25, -0.2) is 0 Å². The van der Waals surface area contributed by atoms with Gasteiger partial charge in [-0.2, -0.15) is 0 Å². The van der Waals surface area contributed by atoms with Gasteiger partial charge in [0.05, 0.1) is 5.02 Å². The molecule has 0 bridgehead atoms. The Bertz CT molecular complexity index is 359. The normalized spacial score (nSPS) is 25.5. The summed E-state index contributed by atoms with van der Waals surface area (Å²) < 4.78 is 5.98. The fourth-order valence-corrected chi connectivity index (χ4v) is 1.99. The number of benzene rings is 1. The summed E-state index contributed by atoms with van der Waals surface area (Å²) >= 11 is 6.09. The fourth-order valence-electron chi connectivity index (χ4n) is 1.84. The summed E-state index contributed by atoms with van der Waals surface area (Å²) in [6.45, 7) is 6.06. The number of nitrogens with one attached hydrogen (secondary N) is 1. The number of hydrogen-bond acceptors (Lipinski definition) is 2. The lowest BCUT2D eigenvalue weighted by Gasteiger charge is -2.25. The van der Waals surface area contributed by atoms with E-state index in [4.69, 9.17) is 16.3 Å². The summed E-state index contributed by atoms with van der Waals surface area (Å²) in [5, 5.41) is 3.99. The molecule has 1 aromatic rings. The second kappa shape index (κ2) is 4.03. The van der Waals surface area contributed by atoms with Crippen LogP contribution < -0.4 is 10.1 Å². The molecule has 1 fully saturated rings. The number of aryl methyl sites for hydroxylation is 1. The summed E-state index contributed by atoms with van der Waals surface area (Å²) in [6, 6.07) is 5.87. The first-order chi connectivity index (χ1) is 7.09. The van der Waals surface area contributed by atoms with Crippen LogP contribution in [0.2, 0.25) is 5.02 Å². The van der Waals surface area contributed by atoms with Crippen LogP contribution in [0.5, 0.6) is 5.75 Å². The Labute approximate surface area is 95.6 Å². The first-order valence-corrected chi connectivity index (χ1v) is 5.63. The van der Waals surface area contributed by atoms with E-state index in [9.17, 15) is 0 Å². The lowest BCUT2D eigenvalue weighted by atomic mass is 10.1. The molecule has 0 spiro atoms. The molecular weight excluding hydrogens is 210 g/mol. The molecule has 82 valence electrons. The standard InChI is InChI=1S/C12H16ClNO/c1-9-3-4-10(13)11(7-9)15-12(2)5-6-14-8-12/h3-4,7,14H,5-6,8H2,1-2H3. The van der Waals surface area contributed by atoms with Crippen LogP contribution in [0.25, 0.3) is 0 Å². The third kappa shape index (κ3) is 2.44. The maximum Gasteiger partial charge on any atom is 0.139 e. The quantitative estimate of drug-likeness (QED) is 0.836. The molecule has 15 heavy (non-hydrogen) atoms. The summed E-state index contributed by atoms with van der Waals surface area (Å²) in [5.41, 5.74) is 1.06. The molecular formula is C12H16ClNO. The van der Waals surface area contributed by atoms with E-state index in [1.54, 1.807) is 0 Å². The van der Waals surface area contributed by atoms with Gasteiger partial charge >= 0.3 is 0 Å². The Kier molecular flexibility index (Phi) is 2.89. The molecule has 1 heterocycles. The van der Waals surface area contributed by atoms with Crippen molar-refractivity contribution >= 4 is 11.6 Å². The Morgan fingerprint density at radius 2 is 2.27 bits per heavy atom. The zero-order valence-corrected chi connectivity index (χ0v) is 9.90. The van der Waals surface area contributed by atoms with Crippen molar-refractivity contribution in [3.05, 3.63) is 28.8 Å². The van der Waals surface area contributed by atoms with Gasteiger partial charge in [-0.3, -0.25) is 0 Å². The van der Waals surface area contributed by atoms with E-state index in [1.807, 2.05) is 25.1 Å². The number of hydrogen-bond donors (Lipinski definition) is 1. The van der Waals surface area contributed by atoms with Crippen molar-refractivity contribution in [1.82, 2.24) is 5.32 Å². The monoisotopic (exact) mass is 225 g/mol.